The summed E-state index contributed by atoms with van der Waals surface area (Å²) in [4.78, 5) is 0. The molecule has 2 aromatic carbocycles. The Morgan fingerprint density at radius 1 is 0.917 bits per heavy atom. The molecule has 0 spiro atoms. The molecule has 0 saturated heterocycles. The Balaban J connectivity index is 2.35. The average Bonchev–Trinajstić information content (AvgIpc) is 2.44. The van der Waals surface area contributed by atoms with Gasteiger partial charge >= 0.3 is 12.4 Å². The summed E-state index contributed by atoms with van der Waals surface area (Å²) in [5, 5.41) is 9.36. The van der Waals surface area contributed by atoms with Crippen molar-refractivity contribution in [3.8, 4) is 11.5 Å². The number of halogens is 6. The van der Waals surface area contributed by atoms with Crippen LogP contribution in [0.3, 0.4) is 0 Å². The number of phenolic OH excluding ortho intramolecular Hbond substituents is 1. The van der Waals surface area contributed by atoms with E-state index in [2.05, 4.69) is 0 Å². The fraction of sp³-hybridized carbons (Fsp3) is 0.250. The second-order valence-corrected chi connectivity index (χ2v) is 5.06. The van der Waals surface area contributed by atoms with Crippen LogP contribution in [-0.4, -0.2) is 5.11 Å². The van der Waals surface area contributed by atoms with E-state index in [9.17, 15) is 31.4 Å². The third-order valence-corrected chi connectivity index (χ3v) is 3.24. The lowest BCUT2D eigenvalue weighted by Gasteiger charge is -2.20. The number of aromatic hydroxyl groups is 1. The molecule has 0 amide bonds. The van der Waals surface area contributed by atoms with E-state index in [1.165, 1.54) is 25.1 Å². The van der Waals surface area contributed by atoms with Crippen LogP contribution < -0.4 is 4.74 Å². The van der Waals surface area contributed by atoms with Crippen molar-refractivity contribution in [2.24, 2.45) is 0 Å². The number of rotatable bonds is 3. The molecule has 0 bridgehead atoms. The molecule has 1 N–H and O–H groups in total. The molecule has 0 aliphatic heterocycles. The summed E-state index contributed by atoms with van der Waals surface area (Å²) < 4.78 is 82.3. The number of benzene rings is 2. The maximum atomic E-state index is 13.0. The zero-order valence-electron chi connectivity index (χ0n) is 12.2. The smallest absolute Gasteiger partial charge is 0.416 e. The number of ether oxygens (including phenoxy) is 1. The van der Waals surface area contributed by atoms with Crippen LogP contribution in [0.1, 0.15) is 29.7 Å². The first kappa shape index (κ1) is 18.0. The van der Waals surface area contributed by atoms with Gasteiger partial charge in [0, 0.05) is 11.6 Å². The summed E-state index contributed by atoms with van der Waals surface area (Å²) in [5.41, 5.74) is -2.32. The van der Waals surface area contributed by atoms with Gasteiger partial charge in [-0.3, -0.25) is 0 Å². The fourth-order valence-corrected chi connectivity index (χ4v) is 2.19. The molecular weight excluding hydrogens is 338 g/mol. The predicted molar refractivity (Wildman–Crippen MR) is 73.6 cm³/mol. The second kappa shape index (κ2) is 6.26. The minimum Gasteiger partial charge on any atom is -0.508 e. The number of hydrogen-bond donors (Lipinski definition) is 1. The van der Waals surface area contributed by atoms with Gasteiger partial charge in [-0.15, -0.1) is 0 Å². The van der Waals surface area contributed by atoms with Gasteiger partial charge in [0.25, 0.3) is 0 Å². The first-order chi connectivity index (χ1) is 11.0. The van der Waals surface area contributed by atoms with Gasteiger partial charge in [0.05, 0.1) is 11.1 Å². The van der Waals surface area contributed by atoms with Crippen molar-refractivity contribution in [1.82, 2.24) is 0 Å². The van der Waals surface area contributed by atoms with Crippen molar-refractivity contribution >= 4 is 0 Å². The van der Waals surface area contributed by atoms with Crippen molar-refractivity contribution in [2.45, 2.75) is 25.4 Å². The highest BCUT2D eigenvalue weighted by atomic mass is 19.4. The van der Waals surface area contributed by atoms with Crippen LogP contribution in [-0.2, 0) is 12.4 Å². The Bertz CT molecular complexity index is 721. The SMILES string of the molecule is CC(Oc1cc(O)cc(C(F)(F)F)c1)c1ccccc1C(F)(F)F. The van der Waals surface area contributed by atoms with Crippen molar-refractivity contribution in [1.29, 1.82) is 0 Å². The molecular formula is C16H12F6O2. The van der Waals surface area contributed by atoms with Gasteiger partial charge in [0.1, 0.15) is 17.6 Å². The topological polar surface area (TPSA) is 29.5 Å². The summed E-state index contributed by atoms with van der Waals surface area (Å²) in [7, 11) is 0. The van der Waals surface area contributed by atoms with E-state index in [1.807, 2.05) is 0 Å². The maximum absolute atomic E-state index is 13.0. The third-order valence-electron chi connectivity index (χ3n) is 3.24. The summed E-state index contributed by atoms with van der Waals surface area (Å²) in [6, 6.07) is 6.64. The molecule has 0 fully saturated rings. The second-order valence-electron chi connectivity index (χ2n) is 5.06. The molecule has 0 aliphatic rings. The summed E-state index contributed by atoms with van der Waals surface area (Å²) in [5.74, 6) is -1.08. The Kier molecular flexibility index (Phi) is 4.68. The van der Waals surface area contributed by atoms with E-state index in [0.717, 1.165) is 12.1 Å². The lowest BCUT2D eigenvalue weighted by atomic mass is 10.0. The van der Waals surface area contributed by atoms with Gasteiger partial charge in [-0.1, -0.05) is 18.2 Å². The summed E-state index contributed by atoms with van der Waals surface area (Å²) >= 11 is 0. The van der Waals surface area contributed by atoms with Crippen LogP contribution in [0.5, 0.6) is 11.5 Å². The Labute approximate surface area is 133 Å². The monoisotopic (exact) mass is 350 g/mol. The maximum Gasteiger partial charge on any atom is 0.416 e. The minimum absolute atomic E-state index is 0.220. The highest BCUT2D eigenvalue weighted by Crippen LogP contribution is 2.38. The number of alkyl halides is 6. The minimum atomic E-state index is -4.72. The predicted octanol–water partition coefficient (Wildman–Crippen LogP) is 5.57. The third kappa shape index (κ3) is 4.12. The van der Waals surface area contributed by atoms with E-state index < -0.39 is 35.3 Å². The van der Waals surface area contributed by atoms with E-state index in [1.54, 1.807) is 0 Å². The van der Waals surface area contributed by atoms with Gasteiger partial charge < -0.3 is 9.84 Å². The van der Waals surface area contributed by atoms with Gasteiger partial charge in [0.2, 0.25) is 0 Å². The Hall–Kier alpha value is -2.38. The molecule has 130 valence electrons. The van der Waals surface area contributed by atoms with E-state index >= 15 is 0 Å². The average molecular weight is 350 g/mol. The van der Waals surface area contributed by atoms with E-state index in [4.69, 9.17) is 4.74 Å². The van der Waals surface area contributed by atoms with Crippen LogP contribution >= 0.6 is 0 Å². The molecule has 2 aromatic rings. The molecule has 0 aromatic heterocycles. The lowest BCUT2D eigenvalue weighted by molar-refractivity contribution is -0.139. The zero-order chi connectivity index (χ0) is 18.1. The quantitative estimate of drug-likeness (QED) is 0.734. The standard InChI is InChI=1S/C16H12F6O2/c1-9(13-4-2-3-5-14(13)16(20,21)22)24-12-7-10(15(17,18)19)6-11(23)8-12/h2-9,23H,1H3. The van der Waals surface area contributed by atoms with E-state index in [-0.39, 0.29) is 11.3 Å². The van der Waals surface area contributed by atoms with Crippen LogP contribution in [0.15, 0.2) is 42.5 Å². The molecule has 0 saturated carbocycles. The lowest BCUT2D eigenvalue weighted by Crippen LogP contribution is -2.14. The van der Waals surface area contributed by atoms with Crippen LogP contribution in [0, 0.1) is 0 Å². The largest absolute Gasteiger partial charge is 0.508 e. The van der Waals surface area contributed by atoms with Gasteiger partial charge in [-0.05, 0) is 25.1 Å². The highest BCUT2D eigenvalue weighted by Gasteiger charge is 2.35. The van der Waals surface area contributed by atoms with Crippen molar-refractivity contribution in [3.05, 3.63) is 59.2 Å². The van der Waals surface area contributed by atoms with Crippen LogP contribution in [0.2, 0.25) is 0 Å². The van der Waals surface area contributed by atoms with Crippen molar-refractivity contribution in [2.75, 3.05) is 0 Å². The molecule has 2 nitrogen and oxygen atoms in total. The molecule has 1 unspecified atom stereocenters. The Morgan fingerprint density at radius 2 is 1.54 bits per heavy atom. The van der Waals surface area contributed by atoms with E-state index in [0.29, 0.717) is 12.1 Å². The number of hydrogen-bond acceptors (Lipinski definition) is 2. The molecule has 0 heterocycles. The Morgan fingerprint density at radius 3 is 2.12 bits per heavy atom. The van der Waals surface area contributed by atoms with Gasteiger partial charge in [0.15, 0.2) is 0 Å². The zero-order valence-corrected chi connectivity index (χ0v) is 12.2. The summed E-state index contributed by atoms with van der Waals surface area (Å²) in [6.45, 7) is 1.28. The molecule has 0 radical (unpaired) electrons. The normalized spacial score (nSPS) is 13.6. The van der Waals surface area contributed by atoms with Gasteiger partial charge in [-0.2, -0.15) is 26.3 Å². The fourth-order valence-electron chi connectivity index (χ4n) is 2.19. The molecule has 1 atom stereocenters. The first-order valence-corrected chi connectivity index (χ1v) is 6.72. The van der Waals surface area contributed by atoms with Crippen molar-refractivity contribution in [3.63, 3.8) is 0 Å². The van der Waals surface area contributed by atoms with Crippen molar-refractivity contribution < 1.29 is 36.2 Å². The molecule has 0 aliphatic carbocycles. The number of phenols is 1. The van der Waals surface area contributed by atoms with Crippen LogP contribution in [0.25, 0.3) is 0 Å². The summed E-state index contributed by atoms with van der Waals surface area (Å²) in [6.07, 6.45) is -10.5. The van der Waals surface area contributed by atoms with Gasteiger partial charge in [-0.25, -0.2) is 0 Å². The van der Waals surface area contributed by atoms with Crippen LogP contribution in [0.4, 0.5) is 26.3 Å². The molecule has 8 heteroatoms. The first-order valence-electron chi connectivity index (χ1n) is 6.72. The molecule has 24 heavy (non-hydrogen) atoms. The highest BCUT2D eigenvalue weighted by molar-refractivity contribution is 5.40. The molecule has 2 rings (SSSR count).